The van der Waals surface area contributed by atoms with E-state index in [-0.39, 0.29) is 11.8 Å². The number of carbonyl (C=O) groups is 1. The number of hydrogen-bond donors (Lipinski definition) is 0. The van der Waals surface area contributed by atoms with Crippen molar-refractivity contribution in [2.75, 3.05) is 27.2 Å². The Kier molecular flexibility index (Phi) is 7.06. The number of methoxy groups -OCH3 is 1. The van der Waals surface area contributed by atoms with Crippen LogP contribution in [-0.2, 0) is 21.4 Å². The zero-order chi connectivity index (χ0) is 22.8. The van der Waals surface area contributed by atoms with Crippen LogP contribution < -0.4 is 4.74 Å². The van der Waals surface area contributed by atoms with Gasteiger partial charge in [0, 0.05) is 32.6 Å². The summed E-state index contributed by atoms with van der Waals surface area (Å²) in [4.78, 5) is 15.1. The van der Waals surface area contributed by atoms with Crippen LogP contribution in [0, 0.1) is 26.7 Å². The fourth-order valence-electron chi connectivity index (χ4n) is 4.44. The van der Waals surface area contributed by atoms with Gasteiger partial charge in [-0.25, -0.2) is 8.42 Å². The quantitative estimate of drug-likeness (QED) is 0.682. The van der Waals surface area contributed by atoms with Gasteiger partial charge in [0.1, 0.15) is 5.75 Å². The Balaban J connectivity index is 1.63. The van der Waals surface area contributed by atoms with Crippen molar-refractivity contribution < 1.29 is 17.9 Å². The number of rotatable bonds is 6. The van der Waals surface area contributed by atoms with Gasteiger partial charge in [-0.3, -0.25) is 4.79 Å². The van der Waals surface area contributed by atoms with E-state index in [4.69, 9.17) is 4.74 Å². The van der Waals surface area contributed by atoms with Gasteiger partial charge in [-0.1, -0.05) is 29.8 Å². The third-order valence-electron chi connectivity index (χ3n) is 5.96. The summed E-state index contributed by atoms with van der Waals surface area (Å²) < 4.78 is 33.2. The van der Waals surface area contributed by atoms with Gasteiger partial charge in [0.25, 0.3) is 0 Å². The zero-order valence-corrected chi connectivity index (χ0v) is 19.8. The Morgan fingerprint density at radius 1 is 1.06 bits per heavy atom. The average molecular weight is 445 g/mol. The van der Waals surface area contributed by atoms with E-state index in [9.17, 15) is 13.2 Å². The van der Waals surface area contributed by atoms with E-state index in [1.165, 1.54) is 4.31 Å². The summed E-state index contributed by atoms with van der Waals surface area (Å²) in [5, 5.41) is 0. The van der Waals surface area contributed by atoms with E-state index in [1.807, 2.05) is 57.2 Å². The molecule has 7 heteroatoms. The first-order chi connectivity index (χ1) is 14.6. The molecule has 0 atom stereocenters. The lowest BCUT2D eigenvalue weighted by molar-refractivity contribution is -0.135. The lowest BCUT2D eigenvalue weighted by Gasteiger charge is -2.33. The molecule has 0 unspecified atom stereocenters. The first kappa shape index (κ1) is 23.3. The van der Waals surface area contributed by atoms with Crippen molar-refractivity contribution in [3.63, 3.8) is 0 Å². The summed E-state index contributed by atoms with van der Waals surface area (Å²) >= 11 is 0. The van der Waals surface area contributed by atoms with Crippen LogP contribution >= 0.6 is 0 Å². The van der Waals surface area contributed by atoms with Gasteiger partial charge < -0.3 is 9.64 Å². The highest BCUT2D eigenvalue weighted by molar-refractivity contribution is 7.89. The van der Waals surface area contributed by atoms with E-state index in [1.54, 1.807) is 19.1 Å². The first-order valence-electron chi connectivity index (χ1n) is 10.6. The summed E-state index contributed by atoms with van der Waals surface area (Å²) in [5.74, 6) is 0.691. The lowest BCUT2D eigenvalue weighted by Crippen LogP contribution is -2.43. The largest absolute Gasteiger partial charge is 0.497 e. The van der Waals surface area contributed by atoms with Crippen LogP contribution in [0.2, 0.25) is 0 Å². The topological polar surface area (TPSA) is 66.9 Å². The van der Waals surface area contributed by atoms with Gasteiger partial charge in [0.2, 0.25) is 15.9 Å². The second-order valence-corrected chi connectivity index (χ2v) is 10.3. The van der Waals surface area contributed by atoms with Crippen molar-refractivity contribution in [1.82, 2.24) is 9.21 Å². The molecule has 1 heterocycles. The lowest BCUT2D eigenvalue weighted by atomic mass is 9.96. The molecule has 168 valence electrons. The van der Waals surface area contributed by atoms with Gasteiger partial charge in [0.05, 0.1) is 12.0 Å². The second kappa shape index (κ2) is 9.40. The molecule has 1 aliphatic heterocycles. The molecular formula is C24H32N2O4S. The minimum atomic E-state index is -3.57. The summed E-state index contributed by atoms with van der Waals surface area (Å²) in [7, 11) is -0.144. The fourth-order valence-corrected chi connectivity index (χ4v) is 6.32. The number of carbonyl (C=O) groups excluding carboxylic acids is 1. The average Bonchev–Trinajstić information content (AvgIpc) is 2.73. The van der Waals surface area contributed by atoms with Crippen molar-refractivity contribution in [1.29, 1.82) is 0 Å². The molecule has 1 amide bonds. The standard InChI is InChI=1S/C24H32N2O4S/c1-17-14-18(2)23(19(3)15-17)31(28,29)26-12-10-21(11-13-26)24(27)25(4)16-20-6-8-22(30-5)9-7-20/h6-9,14-15,21H,10-13,16H2,1-5H3. The molecule has 0 N–H and O–H groups in total. The Bertz CT molecular complexity index is 1020. The predicted octanol–water partition coefficient (Wildman–Crippen LogP) is 3.68. The van der Waals surface area contributed by atoms with Crippen molar-refractivity contribution in [3.8, 4) is 5.75 Å². The van der Waals surface area contributed by atoms with Crippen LogP contribution in [0.25, 0.3) is 0 Å². The molecule has 31 heavy (non-hydrogen) atoms. The molecule has 0 spiro atoms. The molecule has 2 aromatic carbocycles. The SMILES string of the molecule is COc1ccc(CN(C)C(=O)C2CCN(S(=O)(=O)c3c(C)cc(C)cc3C)CC2)cc1. The van der Waals surface area contributed by atoms with Crippen molar-refractivity contribution in [2.45, 2.75) is 45.1 Å². The van der Waals surface area contributed by atoms with Crippen LogP contribution in [0.1, 0.15) is 35.1 Å². The summed E-state index contributed by atoms with van der Waals surface area (Å²) in [6, 6.07) is 11.5. The Hall–Kier alpha value is -2.38. The number of amides is 1. The number of benzene rings is 2. The normalized spacial score (nSPS) is 15.6. The van der Waals surface area contributed by atoms with Gasteiger partial charge in [-0.15, -0.1) is 0 Å². The van der Waals surface area contributed by atoms with E-state index >= 15 is 0 Å². The molecular weight excluding hydrogens is 412 g/mol. The van der Waals surface area contributed by atoms with Crippen LogP contribution in [-0.4, -0.2) is 50.8 Å². The van der Waals surface area contributed by atoms with Crippen LogP contribution in [0.15, 0.2) is 41.3 Å². The maximum Gasteiger partial charge on any atom is 0.243 e. The molecule has 0 saturated carbocycles. The summed E-state index contributed by atoms with van der Waals surface area (Å²) in [5.41, 5.74) is 3.63. The van der Waals surface area contributed by atoms with Crippen molar-refractivity contribution >= 4 is 15.9 Å². The number of aryl methyl sites for hydroxylation is 3. The fraction of sp³-hybridized carbons (Fsp3) is 0.458. The molecule has 2 aromatic rings. The minimum Gasteiger partial charge on any atom is -0.497 e. The highest BCUT2D eigenvalue weighted by atomic mass is 32.2. The van der Waals surface area contributed by atoms with Crippen LogP contribution in [0.4, 0.5) is 0 Å². The molecule has 1 aliphatic rings. The minimum absolute atomic E-state index is 0.0653. The van der Waals surface area contributed by atoms with Crippen LogP contribution in [0.5, 0.6) is 5.75 Å². The Labute approximate surface area is 185 Å². The van der Waals surface area contributed by atoms with Gasteiger partial charge in [-0.2, -0.15) is 4.31 Å². The molecule has 3 rings (SSSR count). The number of piperidine rings is 1. The third-order valence-corrected chi connectivity index (χ3v) is 8.17. The molecule has 0 radical (unpaired) electrons. The maximum absolute atomic E-state index is 13.3. The van der Waals surface area contributed by atoms with Gasteiger partial charge in [-0.05, 0) is 62.4 Å². The first-order valence-corrected chi connectivity index (χ1v) is 12.0. The van der Waals surface area contributed by atoms with Crippen molar-refractivity contribution in [3.05, 3.63) is 58.7 Å². The highest BCUT2D eigenvalue weighted by Gasteiger charge is 2.34. The monoisotopic (exact) mass is 444 g/mol. The van der Waals surface area contributed by atoms with Crippen molar-refractivity contribution in [2.24, 2.45) is 5.92 Å². The van der Waals surface area contributed by atoms with E-state index in [0.29, 0.717) is 37.4 Å². The van der Waals surface area contributed by atoms with E-state index < -0.39 is 10.0 Å². The predicted molar refractivity (Wildman–Crippen MR) is 122 cm³/mol. The molecule has 0 aliphatic carbocycles. The number of nitrogens with zero attached hydrogens (tertiary/aromatic N) is 2. The van der Waals surface area contributed by atoms with Gasteiger partial charge >= 0.3 is 0 Å². The molecule has 6 nitrogen and oxygen atoms in total. The zero-order valence-electron chi connectivity index (χ0n) is 19.0. The Morgan fingerprint density at radius 3 is 2.13 bits per heavy atom. The Morgan fingerprint density at radius 2 is 1.61 bits per heavy atom. The molecule has 1 saturated heterocycles. The smallest absolute Gasteiger partial charge is 0.243 e. The van der Waals surface area contributed by atoms with E-state index in [0.717, 1.165) is 28.0 Å². The third kappa shape index (κ3) is 5.10. The van der Waals surface area contributed by atoms with Gasteiger partial charge in [0.15, 0.2) is 0 Å². The highest BCUT2D eigenvalue weighted by Crippen LogP contribution is 2.29. The van der Waals surface area contributed by atoms with Crippen LogP contribution in [0.3, 0.4) is 0 Å². The molecule has 0 aromatic heterocycles. The molecule has 1 fully saturated rings. The maximum atomic E-state index is 13.3. The number of sulfonamides is 1. The second-order valence-electron chi connectivity index (χ2n) is 8.45. The van der Waals surface area contributed by atoms with E-state index in [2.05, 4.69) is 0 Å². The summed E-state index contributed by atoms with van der Waals surface area (Å²) in [6.45, 7) is 6.90. The number of ether oxygens (including phenoxy) is 1. The summed E-state index contributed by atoms with van der Waals surface area (Å²) in [6.07, 6.45) is 1.07. The number of hydrogen-bond acceptors (Lipinski definition) is 4. The molecule has 0 bridgehead atoms.